The average Bonchev–Trinajstić information content (AvgIpc) is 2.37. The Hall–Kier alpha value is -0.610. The molecule has 2 unspecified atom stereocenters. The van der Waals surface area contributed by atoms with Crippen LogP contribution in [0.15, 0.2) is 0 Å². The number of ether oxygens (including phenoxy) is 2. The molecule has 0 saturated carbocycles. The van der Waals surface area contributed by atoms with Gasteiger partial charge in [-0.3, -0.25) is 0 Å². The van der Waals surface area contributed by atoms with Crippen LogP contribution in [-0.2, 0) is 14.3 Å². The van der Waals surface area contributed by atoms with Gasteiger partial charge >= 0.3 is 5.97 Å². The van der Waals surface area contributed by atoms with E-state index in [-0.39, 0.29) is 18.2 Å². The molecule has 0 bridgehead atoms. The van der Waals surface area contributed by atoms with E-state index in [0.29, 0.717) is 13.0 Å². The van der Waals surface area contributed by atoms with E-state index in [1.54, 1.807) is 0 Å². The Morgan fingerprint density at radius 3 is 3.08 bits per heavy atom. The van der Waals surface area contributed by atoms with Gasteiger partial charge in [-0.1, -0.05) is 0 Å². The van der Waals surface area contributed by atoms with Crippen molar-refractivity contribution < 1.29 is 14.3 Å². The summed E-state index contributed by atoms with van der Waals surface area (Å²) in [6.45, 7) is 3.18. The van der Waals surface area contributed by atoms with Gasteiger partial charge in [-0.15, -0.1) is 0 Å². The first-order valence-electron chi connectivity index (χ1n) is 4.20. The Balaban J connectivity index is 2.25. The standard InChI is InChI=1S/C8H15NO3/c1-6(5-9-2)12-7-3-4-11-8(7)10/h6-7,9H,3-5H2,1-2H3. The molecule has 1 fully saturated rings. The van der Waals surface area contributed by atoms with E-state index in [0.717, 1.165) is 6.54 Å². The summed E-state index contributed by atoms with van der Waals surface area (Å²) in [6, 6.07) is 0. The lowest BCUT2D eigenvalue weighted by Crippen LogP contribution is -2.30. The number of esters is 1. The zero-order chi connectivity index (χ0) is 8.97. The first-order chi connectivity index (χ1) is 5.74. The molecule has 0 aromatic rings. The van der Waals surface area contributed by atoms with Gasteiger partial charge in [0.15, 0.2) is 6.10 Å². The number of cyclic esters (lactones) is 1. The van der Waals surface area contributed by atoms with Crippen LogP contribution in [0.2, 0.25) is 0 Å². The Kier molecular flexibility index (Phi) is 3.49. The average molecular weight is 173 g/mol. The van der Waals surface area contributed by atoms with Crippen molar-refractivity contribution in [1.29, 1.82) is 0 Å². The van der Waals surface area contributed by atoms with Crippen molar-refractivity contribution in [3.8, 4) is 0 Å². The molecule has 12 heavy (non-hydrogen) atoms. The molecule has 4 heteroatoms. The molecule has 1 rings (SSSR count). The minimum atomic E-state index is -0.339. The second-order valence-electron chi connectivity index (χ2n) is 2.95. The Morgan fingerprint density at radius 2 is 2.58 bits per heavy atom. The summed E-state index contributed by atoms with van der Waals surface area (Å²) in [5, 5.41) is 2.98. The SMILES string of the molecule is CNCC(C)OC1CCOC1=O. The third-order valence-corrected chi connectivity index (χ3v) is 1.78. The second-order valence-corrected chi connectivity index (χ2v) is 2.95. The number of hydrogen-bond acceptors (Lipinski definition) is 4. The van der Waals surface area contributed by atoms with Crippen molar-refractivity contribution in [2.24, 2.45) is 0 Å². The fraction of sp³-hybridized carbons (Fsp3) is 0.875. The molecule has 1 saturated heterocycles. The van der Waals surface area contributed by atoms with E-state index in [1.807, 2.05) is 14.0 Å². The van der Waals surface area contributed by atoms with E-state index in [9.17, 15) is 4.79 Å². The molecule has 0 radical (unpaired) electrons. The summed E-state index contributed by atoms with van der Waals surface area (Å²) in [4.78, 5) is 10.9. The minimum absolute atomic E-state index is 0.0608. The zero-order valence-corrected chi connectivity index (χ0v) is 7.50. The number of likely N-dealkylation sites (N-methyl/N-ethyl adjacent to an activating group) is 1. The molecule has 0 spiro atoms. The Bertz CT molecular complexity index is 160. The summed E-state index contributed by atoms with van der Waals surface area (Å²) >= 11 is 0. The summed E-state index contributed by atoms with van der Waals surface area (Å²) in [6.07, 6.45) is 0.409. The minimum Gasteiger partial charge on any atom is -0.464 e. The van der Waals surface area contributed by atoms with Gasteiger partial charge in [-0.2, -0.15) is 0 Å². The van der Waals surface area contributed by atoms with Crippen molar-refractivity contribution in [3.63, 3.8) is 0 Å². The Labute approximate surface area is 72.2 Å². The van der Waals surface area contributed by atoms with Crippen molar-refractivity contribution >= 4 is 5.97 Å². The normalized spacial score (nSPS) is 25.5. The molecule has 70 valence electrons. The first kappa shape index (κ1) is 9.48. The van der Waals surface area contributed by atoms with Gasteiger partial charge < -0.3 is 14.8 Å². The fourth-order valence-corrected chi connectivity index (χ4v) is 1.22. The van der Waals surface area contributed by atoms with Gasteiger partial charge in [-0.05, 0) is 14.0 Å². The van der Waals surface area contributed by atoms with E-state index in [4.69, 9.17) is 9.47 Å². The lowest BCUT2D eigenvalue weighted by atomic mass is 10.3. The van der Waals surface area contributed by atoms with E-state index >= 15 is 0 Å². The largest absolute Gasteiger partial charge is 0.464 e. The predicted octanol–water partition coefficient (Wildman–Crippen LogP) is -0.0736. The number of nitrogens with one attached hydrogen (secondary N) is 1. The summed E-state index contributed by atoms with van der Waals surface area (Å²) in [5.74, 6) is -0.224. The molecule has 1 heterocycles. The maximum absolute atomic E-state index is 10.9. The monoisotopic (exact) mass is 173 g/mol. The van der Waals surface area contributed by atoms with Gasteiger partial charge in [0.05, 0.1) is 12.7 Å². The van der Waals surface area contributed by atoms with E-state index < -0.39 is 0 Å². The molecular formula is C8H15NO3. The molecule has 0 aliphatic carbocycles. The van der Waals surface area contributed by atoms with E-state index in [2.05, 4.69) is 5.32 Å². The smallest absolute Gasteiger partial charge is 0.335 e. The number of carbonyl (C=O) groups is 1. The van der Waals surface area contributed by atoms with Crippen LogP contribution in [0.4, 0.5) is 0 Å². The van der Waals surface area contributed by atoms with Gasteiger partial charge in [0.2, 0.25) is 0 Å². The first-order valence-corrected chi connectivity index (χ1v) is 4.20. The molecule has 4 nitrogen and oxygen atoms in total. The molecule has 0 aromatic heterocycles. The summed E-state index contributed by atoms with van der Waals surface area (Å²) in [5.41, 5.74) is 0. The van der Waals surface area contributed by atoms with Crippen molar-refractivity contribution in [2.75, 3.05) is 20.2 Å². The van der Waals surface area contributed by atoms with Crippen LogP contribution in [0.3, 0.4) is 0 Å². The topological polar surface area (TPSA) is 47.6 Å². The number of rotatable bonds is 4. The molecule has 0 aromatic carbocycles. The van der Waals surface area contributed by atoms with Crippen LogP contribution < -0.4 is 5.32 Å². The Morgan fingerprint density at radius 1 is 1.83 bits per heavy atom. The fourth-order valence-electron chi connectivity index (χ4n) is 1.22. The predicted molar refractivity (Wildman–Crippen MR) is 43.8 cm³/mol. The number of hydrogen-bond donors (Lipinski definition) is 1. The van der Waals surface area contributed by atoms with Gasteiger partial charge in [0, 0.05) is 13.0 Å². The maximum Gasteiger partial charge on any atom is 0.335 e. The van der Waals surface area contributed by atoms with Crippen LogP contribution in [0.1, 0.15) is 13.3 Å². The highest BCUT2D eigenvalue weighted by atomic mass is 16.6. The quantitative estimate of drug-likeness (QED) is 0.604. The van der Waals surface area contributed by atoms with Crippen LogP contribution in [0.5, 0.6) is 0 Å². The number of carbonyl (C=O) groups excluding carboxylic acids is 1. The molecule has 1 aliphatic heterocycles. The summed E-state index contributed by atoms with van der Waals surface area (Å²) < 4.78 is 10.2. The lowest BCUT2D eigenvalue weighted by Gasteiger charge is -2.14. The molecule has 1 N–H and O–H groups in total. The van der Waals surface area contributed by atoms with Crippen LogP contribution in [0, 0.1) is 0 Å². The van der Waals surface area contributed by atoms with Gasteiger partial charge in [-0.25, -0.2) is 4.79 Å². The zero-order valence-electron chi connectivity index (χ0n) is 7.50. The van der Waals surface area contributed by atoms with Crippen LogP contribution >= 0.6 is 0 Å². The van der Waals surface area contributed by atoms with Gasteiger partial charge in [0.1, 0.15) is 0 Å². The van der Waals surface area contributed by atoms with E-state index in [1.165, 1.54) is 0 Å². The molecule has 2 atom stereocenters. The summed E-state index contributed by atoms with van der Waals surface area (Å²) in [7, 11) is 1.85. The van der Waals surface area contributed by atoms with Gasteiger partial charge in [0.25, 0.3) is 0 Å². The second kappa shape index (κ2) is 4.42. The lowest BCUT2D eigenvalue weighted by molar-refractivity contribution is -0.149. The van der Waals surface area contributed by atoms with Crippen molar-refractivity contribution in [1.82, 2.24) is 5.32 Å². The van der Waals surface area contributed by atoms with Crippen LogP contribution in [0.25, 0.3) is 0 Å². The van der Waals surface area contributed by atoms with Crippen LogP contribution in [-0.4, -0.2) is 38.4 Å². The molecular weight excluding hydrogens is 158 g/mol. The molecule has 0 amide bonds. The van der Waals surface area contributed by atoms with Crippen molar-refractivity contribution in [2.45, 2.75) is 25.6 Å². The highest BCUT2D eigenvalue weighted by molar-refractivity contribution is 5.76. The third-order valence-electron chi connectivity index (χ3n) is 1.78. The third kappa shape index (κ3) is 2.46. The highest BCUT2D eigenvalue weighted by Crippen LogP contribution is 2.11. The molecule has 1 aliphatic rings. The van der Waals surface area contributed by atoms with Crippen molar-refractivity contribution in [3.05, 3.63) is 0 Å². The maximum atomic E-state index is 10.9. The highest BCUT2D eigenvalue weighted by Gasteiger charge is 2.28.